The summed E-state index contributed by atoms with van der Waals surface area (Å²) < 4.78 is 0. The van der Waals surface area contributed by atoms with Crippen LogP contribution in [0.4, 0.5) is 0 Å². The van der Waals surface area contributed by atoms with Crippen LogP contribution in [0.1, 0.15) is 43.9 Å². The molecule has 1 amide bonds. The Morgan fingerprint density at radius 2 is 2.05 bits per heavy atom. The second-order valence-corrected chi connectivity index (χ2v) is 6.55. The molecule has 0 spiro atoms. The molecular weight excluding hydrogens is 258 g/mol. The lowest BCUT2D eigenvalue weighted by Crippen LogP contribution is -2.30. The summed E-state index contributed by atoms with van der Waals surface area (Å²) in [4.78, 5) is 25.0. The van der Waals surface area contributed by atoms with E-state index in [1.54, 1.807) is 11.0 Å². The molecule has 110 valence electrons. The second kappa shape index (κ2) is 4.92. The van der Waals surface area contributed by atoms with E-state index in [1.807, 2.05) is 27.7 Å². The number of nitrogens with zero attached hydrogens (tertiary/aromatic N) is 2. The summed E-state index contributed by atoms with van der Waals surface area (Å²) in [5.41, 5.74) is 1.14. The number of carboxylic acids is 1. The number of amides is 1. The van der Waals surface area contributed by atoms with Crippen molar-refractivity contribution in [3.8, 4) is 0 Å². The van der Waals surface area contributed by atoms with Crippen LogP contribution in [-0.2, 0) is 10.2 Å². The molecule has 2 rings (SSSR count). The normalized spacial score (nSPS) is 23.1. The SMILES string of the molecule is C[C@@H]1CN(C(=O)c2cc(C(C)(C)C)[nH]n2)C[C@H]1C(=O)O. The number of likely N-dealkylation sites (tertiary alicyclic amines) is 1. The van der Waals surface area contributed by atoms with Gasteiger partial charge in [0.25, 0.3) is 5.91 Å². The molecule has 6 nitrogen and oxygen atoms in total. The van der Waals surface area contributed by atoms with E-state index in [0.29, 0.717) is 12.2 Å². The molecule has 0 aliphatic carbocycles. The second-order valence-electron chi connectivity index (χ2n) is 6.55. The summed E-state index contributed by atoms with van der Waals surface area (Å²) in [5, 5.41) is 16.0. The zero-order valence-electron chi connectivity index (χ0n) is 12.3. The molecule has 0 radical (unpaired) electrons. The molecule has 0 saturated carbocycles. The average Bonchev–Trinajstić information content (AvgIpc) is 2.93. The maximum atomic E-state index is 12.4. The van der Waals surface area contributed by atoms with Crippen molar-refractivity contribution in [1.82, 2.24) is 15.1 Å². The molecule has 1 aromatic rings. The summed E-state index contributed by atoms with van der Waals surface area (Å²) >= 11 is 0. The van der Waals surface area contributed by atoms with Crippen molar-refractivity contribution >= 4 is 11.9 Å². The first kappa shape index (κ1) is 14.6. The standard InChI is InChI=1S/C14H21N3O3/c1-8-6-17(7-9(8)13(19)20)12(18)10-5-11(16-15-10)14(2,3)4/h5,8-9H,6-7H2,1-4H3,(H,15,16)(H,19,20)/t8-,9-/m1/s1. The van der Waals surface area contributed by atoms with Crippen LogP contribution in [0.2, 0.25) is 0 Å². The van der Waals surface area contributed by atoms with Crippen LogP contribution in [0.3, 0.4) is 0 Å². The Morgan fingerprint density at radius 3 is 2.50 bits per heavy atom. The van der Waals surface area contributed by atoms with Gasteiger partial charge in [-0.25, -0.2) is 0 Å². The minimum Gasteiger partial charge on any atom is -0.481 e. The van der Waals surface area contributed by atoms with Crippen molar-refractivity contribution in [2.75, 3.05) is 13.1 Å². The maximum Gasteiger partial charge on any atom is 0.308 e. The fourth-order valence-corrected chi connectivity index (χ4v) is 2.43. The van der Waals surface area contributed by atoms with Crippen molar-refractivity contribution in [2.24, 2.45) is 11.8 Å². The molecule has 1 aliphatic heterocycles. The first-order valence-electron chi connectivity index (χ1n) is 6.78. The van der Waals surface area contributed by atoms with Crippen LogP contribution in [0.5, 0.6) is 0 Å². The van der Waals surface area contributed by atoms with Gasteiger partial charge in [0.1, 0.15) is 5.69 Å². The van der Waals surface area contributed by atoms with Gasteiger partial charge in [0.15, 0.2) is 0 Å². The number of carbonyl (C=O) groups is 2. The molecule has 1 aliphatic rings. The Bertz CT molecular complexity index is 530. The Morgan fingerprint density at radius 1 is 1.40 bits per heavy atom. The van der Waals surface area contributed by atoms with Crippen molar-refractivity contribution in [3.63, 3.8) is 0 Å². The van der Waals surface area contributed by atoms with Gasteiger partial charge in [-0.2, -0.15) is 5.10 Å². The van der Waals surface area contributed by atoms with Crippen LogP contribution in [-0.4, -0.2) is 45.2 Å². The number of hydrogen-bond donors (Lipinski definition) is 2. The molecule has 1 fully saturated rings. The zero-order chi connectivity index (χ0) is 15.1. The van der Waals surface area contributed by atoms with E-state index in [9.17, 15) is 9.59 Å². The van der Waals surface area contributed by atoms with E-state index in [0.717, 1.165) is 5.69 Å². The summed E-state index contributed by atoms with van der Waals surface area (Å²) in [6, 6.07) is 1.75. The Labute approximate surface area is 118 Å². The smallest absolute Gasteiger partial charge is 0.308 e. The lowest BCUT2D eigenvalue weighted by atomic mass is 9.92. The molecule has 2 atom stereocenters. The van der Waals surface area contributed by atoms with E-state index in [-0.39, 0.29) is 23.8 Å². The predicted molar refractivity (Wildman–Crippen MR) is 73.5 cm³/mol. The zero-order valence-corrected chi connectivity index (χ0v) is 12.3. The summed E-state index contributed by atoms with van der Waals surface area (Å²) in [6.45, 7) is 8.69. The lowest BCUT2D eigenvalue weighted by molar-refractivity contribution is -0.142. The number of hydrogen-bond acceptors (Lipinski definition) is 3. The fraction of sp³-hybridized carbons (Fsp3) is 0.643. The van der Waals surface area contributed by atoms with Gasteiger partial charge in [-0.3, -0.25) is 14.7 Å². The van der Waals surface area contributed by atoms with Gasteiger partial charge in [0.2, 0.25) is 0 Å². The maximum absolute atomic E-state index is 12.4. The number of aromatic nitrogens is 2. The quantitative estimate of drug-likeness (QED) is 0.859. The number of H-pyrrole nitrogens is 1. The van der Waals surface area contributed by atoms with Crippen molar-refractivity contribution in [2.45, 2.75) is 33.1 Å². The van der Waals surface area contributed by atoms with Crippen LogP contribution in [0, 0.1) is 11.8 Å². The molecule has 2 N–H and O–H groups in total. The molecule has 6 heteroatoms. The first-order valence-corrected chi connectivity index (χ1v) is 6.78. The van der Waals surface area contributed by atoms with Crippen LogP contribution < -0.4 is 0 Å². The Hall–Kier alpha value is -1.85. The van der Waals surface area contributed by atoms with Gasteiger partial charge >= 0.3 is 5.97 Å². The Balaban J connectivity index is 2.13. The number of aliphatic carboxylic acids is 1. The van der Waals surface area contributed by atoms with Gasteiger partial charge < -0.3 is 10.0 Å². The molecule has 0 aromatic carbocycles. The van der Waals surface area contributed by atoms with E-state index >= 15 is 0 Å². The van der Waals surface area contributed by atoms with Gasteiger partial charge in [0.05, 0.1) is 5.92 Å². The molecule has 1 saturated heterocycles. The topological polar surface area (TPSA) is 86.3 Å². The van der Waals surface area contributed by atoms with E-state index in [2.05, 4.69) is 10.2 Å². The van der Waals surface area contributed by atoms with Crippen molar-refractivity contribution in [3.05, 3.63) is 17.5 Å². The highest BCUT2D eigenvalue weighted by molar-refractivity contribution is 5.93. The molecule has 1 aromatic heterocycles. The molecule has 2 heterocycles. The van der Waals surface area contributed by atoms with Crippen LogP contribution in [0.15, 0.2) is 6.07 Å². The summed E-state index contributed by atoms with van der Waals surface area (Å²) in [5.74, 6) is -1.56. The average molecular weight is 279 g/mol. The van der Waals surface area contributed by atoms with Crippen molar-refractivity contribution in [1.29, 1.82) is 0 Å². The predicted octanol–water partition coefficient (Wildman–Crippen LogP) is 1.50. The minimum atomic E-state index is -0.842. The van der Waals surface area contributed by atoms with Crippen LogP contribution in [0.25, 0.3) is 0 Å². The summed E-state index contributed by atoms with van der Waals surface area (Å²) in [7, 11) is 0. The number of rotatable bonds is 2. The summed E-state index contributed by atoms with van der Waals surface area (Å²) in [6.07, 6.45) is 0. The molecular formula is C14H21N3O3. The van der Waals surface area contributed by atoms with Crippen molar-refractivity contribution < 1.29 is 14.7 Å². The highest BCUT2D eigenvalue weighted by atomic mass is 16.4. The van der Waals surface area contributed by atoms with E-state index < -0.39 is 11.9 Å². The van der Waals surface area contributed by atoms with E-state index in [4.69, 9.17) is 5.11 Å². The minimum absolute atomic E-state index is 0.0301. The number of nitrogens with one attached hydrogen (secondary N) is 1. The lowest BCUT2D eigenvalue weighted by Gasteiger charge is -2.15. The molecule has 0 bridgehead atoms. The highest BCUT2D eigenvalue weighted by Gasteiger charge is 2.37. The number of aromatic amines is 1. The third kappa shape index (κ3) is 2.69. The monoisotopic (exact) mass is 279 g/mol. The molecule has 20 heavy (non-hydrogen) atoms. The molecule has 0 unspecified atom stereocenters. The third-order valence-electron chi connectivity index (χ3n) is 3.82. The van der Waals surface area contributed by atoms with E-state index in [1.165, 1.54) is 0 Å². The van der Waals surface area contributed by atoms with Crippen LogP contribution >= 0.6 is 0 Å². The number of carbonyl (C=O) groups excluding carboxylic acids is 1. The van der Waals surface area contributed by atoms with Gasteiger partial charge in [-0.05, 0) is 12.0 Å². The highest BCUT2D eigenvalue weighted by Crippen LogP contribution is 2.25. The first-order chi connectivity index (χ1) is 9.20. The fourth-order valence-electron chi connectivity index (χ4n) is 2.43. The van der Waals surface area contributed by atoms with Gasteiger partial charge in [-0.15, -0.1) is 0 Å². The Kier molecular flexibility index (Phi) is 3.58. The largest absolute Gasteiger partial charge is 0.481 e. The number of carboxylic acid groups (broad SMARTS) is 1. The van der Waals surface area contributed by atoms with Gasteiger partial charge in [-0.1, -0.05) is 27.7 Å². The third-order valence-corrected chi connectivity index (χ3v) is 3.82. The van der Waals surface area contributed by atoms with Gasteiger partial charge in [0, 0.05) is 24.2 Å².